The maximum absolute atomic E-state index is 12.2. The van der Waals surface area contributed by atoms with Crippen molar-refractivity contribution in [2.75, 3.05) is 18.1 Å². The van der Waals surface area contributed by atoms with E-state index in [1.807, 2.05) is 0 Å². The first-order valence-electron chi connectivity index (χ1n) is 8.59. The largest absolute Gasteiger partial charge is 0.457 e. The lowest BCUT2D eigenvalue weighted by molar-refractivity contribution is -0.126. The van der Waals surface area contributed by atoms with Crippen molar-refractivity contribution in [1.82, 2.24) is 0 Å². The maximum atomic E-state index is 12.2. The molecule has 8 heteroatoms. The molecule has 0 saturated carbocycles. The van der Waals surface area contributed by atoms with Crippen molar-refractivity contribution in [3.63, 3.8) is 0 Å². The fourth-order valence-corrected chi connectivity index (χ4v) is 3.42. The molecule has 0 aromatic heterocycles. The van der Waals surface area contributed by atoms with Crippen molar-refractivity contribution >= 4 is 21.4 Å². The number of amides is 1. The average molecular weight is 390 g/mol. The van der Waals surface area contributed by atoms with Gasteiger partial charge in [0.1, 0.15) is 17.6 Å². The quantitative estimate of drug-likeness (QED) is 0.784. The summed E-state index contributed by atoms with van der Waals surface area (Å²) in [5, 5.41) is 2.82. The highest BCUT2D eigenvalue weighted by atomic mass is 32.2. The zero-order valence-corrected chi connectivity index (χ0v) is 15.7. The molecule has 3 N–H and O–H groups in total. The molecule has 1 saturated heterocycles. The highest BCUT2D eigenvalue weighted by Crippen LogP contribution is 2.25. The zero-order valence-electron chi connectivity index (χ0n) is 14.9. The summed E-state index contributed by atoms with van der Waals surface area (Å²) >= 11 is 0. The third kappa shape index (κ3) is 5.06. The number of carbonyl (C=O) groups excluding carboxylic acids is 1. The van der Waals surface area contributed by atoms with Crippen LogP contribution < -0.4 is 15.8 Å². The fourth-order valence-electron chi connectivity index (χ4n) is 2.79. The van der Waals surface area contributed by atoms with Gasteiger partial charge >= 0.3 is 0 Å². The number of carbonyl (C=O) groups is 1. The van der Waals surface area contributed by atoms with Crippen LogP contribution in [-0.2, 0) is 19.4 Å². The Labute approximate surface area is 158 Å². The molecule has 3 rings (SSSR count). The highest BCUT2D eigenvalue weighted by molar-refractivity contribution is 7.90. The van der Waals surface area contributed by atoms with Crippen LogP contribution in [-0.4, -0.2) is 39.3 Å². The smallest absolute Gasteiger partial charge is 0.253 e. The van der Waals surface area contributed by atoms with Crippen molar-refractivity contribution in [1.29, 1.82) is 0 Å². The molecule has 27 heavy (non-hydrogen) atoms. The summed E-state index contributed by atoms with van der Waals surface area (Å²) in [6, 6.07) is 13.1. The number of hydrogen-bond acceptors (Lipinski definition) is 6. The average Bonchev–Trinajstić information content (AvgIpc) is 3.12. The van der Waals surface area contributed by atoms with Gasteiger partial charge in [0, 0.05) is 18.5 Å². The molecule has 1 aliphatic heterocycles. The summed E-state index contributed by atoms with van der Waals surface area (Å²) in [7, 11) is -3.23. The Kier molecular flexibility index (Phi) is 5.79. The van der Waals surface area contributed by atoms with Crippen molar-refractivity contribution in [2.24, 2.45) is 5.73 Å². The number of nitrogens with one attached hydrogen (secondary N) is 1. The summed E-state index contributed by atoms with van der Waals surface area (Å²) in [5.41, 5.74) is 6.20. The van der Waals surface area contributed by atoms with Crippen LogP contribution in [0.1, 0.15) is 12.8 Å². The molecule has 0 spiro atoms. The molecule has 1 aliphatic rings. The van der Waals surface area contributed by atoms with E-state index in [0.29, 0.717) is 30.2 Å². The molecular weight excluding hydrogens is 368 g/mol. The summed E-state index contributed by atoms with van der Waals surface area (Å²) in [4.78, 5) is 12.4. The van der Waals surface area contributed by atoms with Gasteiger partial charge in [0.2, 0.25) is 0 Å². The first-order valence-corrected chi connectivity index (χ1v) is 10.5. The zero-order chi connectivity index (χ0) is 19.4. The summed E-state index contributed by atoms with van der Waals surface area (Å²) < 4.78 is 34.2. The number of rotatable bonds is 6. The lowest BCUT2D eigenvalue weighted by Gasteiger charge is -2.13. The van der Waals surface area contributed by atoms with Gasteiger partial charge in [-0.05, 0) is 61.4 Å². The van der Waals surface area contributed by atoms with E-state index in [1.165, 1.54) is 12.1 Å². The molecule has 2 aromatic carbocycles. The molecule has 0 radical (unpaired) electrons. The standard InChI is InChI=1S/C19H22N2O5S/c1-27(23,24)17-9-6-15(7-10-17)25-14-4-2-13(3-5-14)21-19(22)18-11-8-16(12-20)26-18/h2-7,9-10,16,18H,8,11-12,20H2,1H3,(H,21,22)/t16-,18+/m1/s1. The van der Waals surface area contributed by atoms with E-state index in [0.717, 1.165) is 12.7 Å². The number of nitrogens with two attached hydrogens (primary N) is 1. The summed E-state index contributed by atoms with van der Waals surface area (Å²) in [5.74, 6) is 0.905. The van der Waals surface area contributed by atoms with Gasteiger partial charge in [0.25, 0.3) is 5.91 Å². The number of hydrogen-bond donors (Lipinski definition) is 2. The van der Waals surface area contributed by atoms with Crippen molar-refractivity contribution < 1.29 is 22.7 Å². The van der Waals surface area contributed by atoms with Crippen LogP contribution in [0.15, 0.2) is 53.4 Å². The van der Waals surface area contributed by atoms with Crippen LogP contribution in [0, 0.1) is 0 Å². The first-order chi connectivity index (χ1) is 12.8. The molecule has 144 valence electrons. The maximum Gasteiger partial charge on any atom is 0.253 e. The Bertz CT molecular complexity index is 895. The Balaban J connectivity index is 1.58. The lowest BCUT2D eigenvalue weighted by Crippen LogP contribution is -2.29. The minimum absolute atomic E-state index is 0.0504. The van der Waals surface area contributed by atoms with Gasteiger partial charge in [-0.3, -0.25) is 4.79 Å². The second-order valence-corrected chi connectivity index (χ2v) is 8.43. The van der Waals surface area contributed by atoms with Crippen molar-refractivity contribution in [2.45, 2.75) is 29.9 Å². The minimum Gasteiger partial charge on any atom is -0.457 e. The number of ether oxygens (including phenoxy) is 2. The van der Waals surface area contributed by atoms with Crippen LogP contribution >= 0.6 is 0 Å². The van der Waals surface area contributed by atoms with Gasteiger partial charge in [0.05, 0.1) is 11.0 Å². The SMILES string of the molecule is CS(=O)(=O)c1ccc(Oc2ccc(NC(=O)[C@@H]3CC[C@H](CN)O3)cc2)cc1. The van der Waals surface area contributed by atoms with Gasteiger partial charge in [0.15, 0.2) is 9.84 Å². The monoisotopic (exact) mass is 390 g/mol. The van der Waals surface area contributed by atoms with Gasteiger partial charge < -0.3 is 20.5 Å². The van der Waals surface area contributed by atoms with Crippen LogP contribution in [0.4, 0.5) is 5.69 Å². The highest BCUT2D eigenvalue weighted by Gasteiger charge is 2.29. The van der Waals surface area contributed by atoms with Crippen molar-refractivity contribution in [3.05, 3.63) is 48.5 Å². The molecule has 0 bridgehead atoms. The Morgan fingerprint density at radius 2 is 1.70 bits per heavy atom. The van der Waals surface area contributed by atoms with Crippen LogP contribution in [0.2, 0.25) is 0 Å². The lowest BCUT2D eigenvalue weighted by atomic mass is 10.2. The number of sulfone groups is 1. The van der Waals surface area contributed by atoms with Crippen LogP contribution in [0.25, 0.3) is 0 Å². The van der Waals surface area contributed by atoms with Crippen molar-refractivity contribution in [3.8, 4) is 11.5 Å². The van der Waals surface area contributed by atoms with E-state index in [1.54, 1.807) is 36.4 Å². The molecule has 1 heterocycles. The van der Waals surface area contributed by atoms with Crippen LogP contribution in [0.5, 0.6) is 11.5 Å². The first kappa shape index (κ1) is 19.3. The molecule has 1 amide bonds. The minimum atomic E-state index is -3.23. The van der Waals surface area contributed by atoms with E-state index in [9.17, 15) is 13.2 Å². The molecule has 2 aromatic rings. The molecule has 7 nitrogen and oxygen atoms in total. The molecule has 0 aliphatic carbocycles. The predicted molar refractivity (Wildman–Crippen MR) is 102 cm³/mol. The third-order valence-corrected chi connectivity index (χ3v) is 5.40. The predicted octanol–water partition coefficient (Wildman–Crippen LogP) is 2.33. The number of benzene rings is 2. The fraction of sp³-hybridized carbons (Fsp3) is 0.316. The van der Waals surface area contributed by atoms with E-state index in [2.05, 4.69) is 5.32 Å². The molecular formula is C19H22N2O5S. The summed E-state index contributed by atoms with van der Waals surface area (Å²) in [6.45, 7) is 0.418. The van der Waals surface area contributed by atoms with E-state index >= 15 is 0 Å². The normalized spacial score (nSPS) is 19.6. The van der Waals surface area contributed by atoms with E-state index in [4.69, 9.17) is 15.2 Å². The molecule has 2 atom stereocenters. The van der Waals surface area contributed by atoms with Gasteiger partial charge in [-0.2, -0.15) is 0 Å². The summed E-state index contributed by atoms with van der Waals surface area (Å²) in [6.07, 6.45) is 2.09. The Morgan fingerprint density at radius 1 is 1.11 bits per heavy atom. The van der Waals surface area contributed by atoms with Gasteiger partial charge in [-0.15, -0.1) is 0 Å². The van der Waals surface area contributed by atoms with Gasteiger partial charge in [-0.25, -0.2) is 8.42 Å². The Morgan fingerprint density at radius 3 is 2.22 bits per heavy atom. The molecule has 0 unspecified atom stereocenters. The second kappa shape index (κ2) is 8.08. The van der Waals surface area contributed by atoms with E-state index in [-0.39, 0.29) is 16.9 Å². The second-order valence-electron chi connectivity index (χ2n) is 6.42. The van der Waals surface area contributed by atoms with E-state index < -0.39 is 15.9 Å². The molecule has 1 fully saturated rings. The third-order valence-electron chi connectivity index (χ3n) is 4.27. The Hall–Kier alpha value is -2.42. The topological polar surface area (TPSA) is 108 Å². The number of anilines is 1. The van der Waals surface area contributed by atoms with Crippen LogP contribution in [0.3, 0.4) is 0 Å². The van der Waals surface area contributed by atoms with Gasteiger partial charge in [-0.1, -0.05) is 0 Å².